The van der Waals surface area contributed by atoms with Crippen LogP contribution in [-0.4, -0.2) is 0 Å². The monoisotopic (exact) mass is 806 g/mol. The Labute approximate surface area is 369 Å². The van der Waals surface area contributed by atoms with E-state index in [0.29, 0.717) is 5.70 Å². The summed E-state index contributed by atoms with van der Waals surface area (Å²) in [7, 11) is 0. The Morgan fingerprint density at radius 2 is 0.810 bits per heavy atom. The fraction of sp³-hybridized carbons (Fsp3) is 0.0164. The highest BCUT2D eigenvalue weighted by molar-refractivity contribution is 6.21. The normalized spacial score (nSPS) is 12.1. The summed E-state index contributed by atoms with van der Waals surface area (Å²) in [6.45, 7) is 2.04. The van der Waals surface area contributed by atoms with Gasteiger partial charge in [0.1, 0.15) is 0 Å². The summed E-state index contributed by atoms with van der Waals surface area (Å²) in [5.74, 6) is 0. The first-order valence-corrected chi connectivity index (χ1v) is 21.6. The first-order valence-electron chi connectivity index (χ1n) is 21.6. The molecule has 300 valence electrons. The predicted octanol–water partition coefficient (Wildman–Crippen LogP) is 16.3. The van der Waals surface area contributed by atoms with Gasteiger partial charge in [0.2, 0.25) is 0 Å². The summed E-state index contributed by atoms with van der Waals surface area (Å²) >= 11 is 0. The summed E-state index contributed by atoms with van der Waals surface area (Å²) in [5, 5.41) is 11.1. The number of allylic oxidation sites excluding steroid dienone is 3. The van der Waals surface area contributed by atoms with Crippen LogP contribution in [0, 0.1) is 0 Å². The lowest BCUT2D eigenvalue weighted by atomic mass is 9.86. The van der Waals surface area contributed by atoms with Crippen molar-refractivity contribution in [2.75, 3.05) is 5.32 Å². The molecule has 3 N–H and O–H groups in total. The molecule has 0 heterocycles. The predicted molar refractivity (Wildman–Crippen MR) is 272 cm³/mol. The van der Waals surface area contributed by atoms with Crippen LogP contribution in [0.15, 0.2) is 237 Å². The molecule has 0 radical (unpaired) electrons. The minimum atomic E-state index is 0.666. The first kappa shape index (κ1) is 39.0. The molecule has 0 amide bonds. The first-order chi connectivity index (χ1) is 31.2. The van der Waals surface area contributed by atoms with Crippen LogP contribution in [0.2, 0.25) is 0 Å². The molecule has 0 aliphatic rings. The van der Waals surface area contributed by atoms with Crippen LogP contribution >= 0.6 is 0 Å². The number of hydrogen-bond donors (Lipinski definition) is 2. The lowest BCUT2D eigenvalue weighted by molar-refractivity contribution is 1.46. The number of fused-ring (bicyclic) bond motifs is 3. The van der Waals surface area contributed by atoms with E-state index in [2.05, 4.69) is 230 Å². The smallest absolute Gasteiger partial charge is 0.0697 e. The van der Waals surface area contributed by atoms with Crippen LogP contribution in [0.3, 0.4) is 0 Å². The van der Waals surface area contributed by atoms with Gasteiger partial charge in [0.15, 0.2) is 0 Å². The van der Waals surface area contributed by atoms with Gasteiger partial charge in [0.25, 0.3) is 0 Å². The molecule has 10 aromatic carbocycles. The number of para-hydroxylation sites is 1. The standard InChI is InChI=1S/C61H46N2/c1-2-3-7-24-48-41-56(42-20-8-4-9-21-42)50-27-14-15-28-51(50)57(48)44-33-37-46(38-34-44)60(62)61(63-49-25-12-6-13-26-49)47-39-35-45(36-40-47)59-54-31-18-16-29-52(54)58(43-22-10-5-11-23-43)53-30-17-19-32-55(53)59/h2-41,63H,62H2,1H3/b3-2-,24-7-,61-60-. The van der Waals surface area contributed by atoms with Crippen molar-refractivity contribution in [3.05, 3.63) is 253 Å². The van der Waals surface area contributed by atoms with E-state index in [1.54, 1.807) is 0 Å². The summed E-state index contributed by atoms with van der Waals surface area (Å²) in [5.41, 5.74) is 22.4. The molecule has 0 saturated carbocycles. The molecule has 0 unspecified atom stereocenters. The third-order valence-electron chi connectivity index (χ3n) is 12.0. The van der Waals surface area contributed by atoms with Crippen LogP contribution in [0.5, 0.6) is 0 Å². The fourth-order valence-corrected chi connectivity index (χ4v) is 9.06. The van der Waals surface area contributed by atoms with E-state index < -0.39 is 0 Å². The molecule has 0 fully saturated rings. The van der Waals surface area contributed by atoms with Crippen LogP contribution in [0.25, 0.3) is 94.3 Å². The average Bonchev–Trinajstić information content (AvgIpc) is 3.35. The van der Waals surface area contributed by atoms with E-state index in [-0.39, 0.29) is 0 Å². The second-order valence-electron chi connectivity index (χ2n) is 15.8. The summed E-state index contributed by atoms with van der Waals surface area (Å²) < 4.78 is 0. The van der Waals surface area contributed by atoms with Gasteiger partial charge in [-0.3, -0.25) is 0 Å². The molecule has 10 aromatic rings. The van der Waals surface area contributed by atoms with E-state index in [4.69, 9.17) is 5.73 Å². The van der Waals surface area contributed by atoms with E-state index in [1.165, 1.54) is 65.7 Å². The number of rotatable bonds is 10. The topological polar surface area (TPSA) is 38.0 Å². The Morgan fingerprint density at radius 1 is 0.397 bits per heavy atom. The van der Waals surface area contributed by atoms with Crippen LogP contribution in [0.4, 0.5) is 5.69 Å². The zero-order chi connectivity index (χ0) is 42.5. The largest absolute Gasteiger partial charge is 0.397 e. The quantitative estimate of drug-likeness (QED) is 0.0821. The van der Waals surface area contributed by atoms with Crippen LogP contribution in [0.1, 0.15) is 23.6 Å². The zero-order valence-corrected chi connectivity index (χ0v) is 35.2. The van der Waals surface area contributed by atoms with Gasteiger partial charge in [0, 0.05) is 11.3 Å². The molecule has 2 nitrogen and oxygen atoms in total. The van der Waals surface area contributed by atoms with Gasteiger partial charge in [-0.1, -0.05) is 224 Å². The van der Waals surface area contributed by atoms with Gasteiger partial charge < -0.3 is 11.1 Å². The Bertz CT molecular complexity index is 3270. The van der Waals surface area contributed by atoms with E-state index >= 15 is 0 Å². The summed E-state index contributed by atoms with van der Waals surface area (Å²) in [6.07, 6.45) is 8.47. The van der Waals surface area contributed by atoms with E-state index in [0.717, 1.165) is 39.2 Å². The molecule has 0 saturated heterocycles. The Morgan fingerprint density at radius 3 is 1.33 bits per heavy atom. The molecule has 0 atom stereocenters. The van der Waals surface area contributed by atoms with Crippen molar-refractivity contribution in [1.82, 2.24) is 0 Å². The van der Waals surface area contributed by atoms with E-state index in [1.807, 2.05) is 25.1 Å². The Kier molecular flexibility index (Phi) is 10.8. The van der Waals surface area contributed by atoms with Crippen molar-refractivity contribution in [3.8, 4) is 44.5 Å². The molecule has 0 spiro atoms. The molecule has 10 rings (SSSR count). The molecule has 0 aromatic heterocycles. The van der Waals surface area contributed by atoms with Crippen molar-refractivity contribution in [2.45, 2.75) is 6.92 Å². The van der Waals surface area contributed by atoms with Gasteiger partial charge in [0.05, 0.1) is 11.4 Å². The van der Waals surface area contributed by atoms with E-state index in [9.17, 15) is 0 Å². The van der Waals surface area contributed by atoms with Gasteiger partial charge in [-0.2, -0.15) is 0 Å². The SMILES string of the molecule is C/C=C\C=C/c1cc(-c2ccccc2)c2ccccc2c1-c1ccc(/C(N)=C(/Nc2ccccc2)c2ccc(-c3c4ccccc4c(-c4ccccc4)c4ccccc34)cc2)cc1. The number of benzene rings is 10. The summed E-state index contributed by atoms with van der Waals surface area (Å²) in [6, 6.07) is 77.9. The minimum absolute atomic E-state index is 0.666. The maximum atomic E-state index is 7.26. The van der Waals surface area contributed by atoms with Crippen molar-refractivity contribution in [3.63, 3.8) is 0 Å². The molecule has 0 aliphatic heterocycles. The second-order valence-corrected chi connectivity index (χ2v) is 15.8. The lowest BCUT2D eigenvalue weighted by Gasteiger charge is -2.19. The van der Waals surface area contributed by atoms with Crippen molar-refractivity contribution in [2.24, 2.45) is 5.73 Å². The number of nitrogens with two attached hydrogens (primary N) is 1. The molecular weight excluding hydrogens is 761 g/mol. The highest BCUT2D eigenvalue weighted by atomic mass is 14.9. The van der Waals surface area contributed by atoms with Crippen molar-refractivity contribution < 1.29 is 0 Å². The zero-order valence-electron chi connectivity index (χ0n) is 35.2. The van der Waals surface area contributed by atoms with Gasteiger partial charge >= 0.3 is 0 Å². The number of anilines is 1. The molecule has 63 heavy (non-hydrogen) atoms. The van der Waals surface area contributed by atoms with Crippen LogP contribution in [-0.2, 0) is 0 Å². The maximum absolute atomic E-state index is 7.26. The summed E-state index contributed by atoms with van der Waals surface area (Å²) in [4.78, 5) is 0. The lowest BCUT2D eigenvalue weighted by Crippen LogP contribution is -2.08. The third kappa shape index (κ3) is 7.60. The fourth-order valence-electron chi connectivity index (χ4n) is 9.06. The van der Waals surface area contributed by atoms with Crippen LogP contribution < -0.4 is 11.1 Å². The Balaban J connectivity index is 1.08. The second kappa shape index (κ2) is 17.4. The molecule has 0 aliphatic carbocycles. The molecule has 2 heteroatoms. The molecule has 0 bridgehead atoms. The number of nitrogens with one attached hydrogen (secondary N) is 1. The number of hydrogen-bond acceptors (Lipinski definition) is 2. The highest BCUT2D eigenvalue weighted by Crippen LogP contribution is 2.44. The van der Waals surface area contributed by atoms with Gasteiger partial charge in [-0.05, 0) is 113 Å². The Hall–Kier alpha value is -8.20. The van der Waals surface area contributed by atoms with Gasteiger partial charge in [-0.15, -0.1) is 0 Å². The highest BCUT2D eigenvalue weighted by Gasteiger charge is 2.18. The third-order valence-corrected chi connectivity index (χ3v) is 12.0. The molecular formula is C61H46N2. The average molecular weight is 807 g/mol. The van der Waals surface area contributed by atoms with Crippen molar-refractivity contribution in [1.29, 1.82) is 0 Å². The van der Waals surface area contributed by atoms with Crippen molar-refractivity contribution >= 4 is 55.5 Å². The maximum Gasteiger partial charge on any atom is 0.0697 e. The minimum Gasteiger partial charge on any atom is -0.397 e. The van der Waals surface area contributed by atoms with Gasteiger partial charge in [-0.25, -0.2) is 0 Å².